The van der Waals surface area contributed by atoms with Gasteiger partial charge >= 0.3 is 0 Å². The molecule has 2 unspecified atom stereocenters. The number of ether oxygens (including phenoxy) is 1. The molecule has 5 heteroatoms. The van der Waals surface area contributed by atoms with Crippen LogP contribution in [0.15, 0.2) is 78.9 Å². The molecular formula is C25H25FN2O2. The number of halogens is 1. The third-order valence-electron chi connectivity index (χ3n) is 5.24. The van der Waals surface area contributed by atoms with E-state index >= 15 is 0 Å². The van der Waals surface area contributed by atoms with Crippen molar-refractivity contribution < 1.29 is 13.9 Å². The second-order valence-electron chi connectivity index (χ2n) is 7.58. The van der Waals surface area contributed by atoms with E-state index in [-0.39, 0.29) is 23.9 Å². The van der Waals surface area contributed by atoms with E-state index in [9.17, 15) is 9.18 Å². The third kappa shape index (κ3) is 5.24. The number of benzene rings is 3. The van der Waals surface area contributed by atoms with Gasteiger partial charge in [0.2, 0.25) is 0 Å². The van der Waals surface area contributed by atoms with Gasteiger partial charge in [0.05, 0.1) is 0 Å². The van der Waals surface area contributed by atoms with Crippen molar-refractivity contribution in [2.45, 2.75) is 25.0 Å². The molecule has 0 spiro atoms. The average molecular weight is 404 g/mol. The first kappa shape index (κ1) is 20.1. The number of carbonyl (C=O) groups excluding carboxylic acids is 1. The van der Waals surface area contributed by atoms with E-state index in [1.54, 1.807) is 0 Å². The molecule has 1 aliphatic rings. The molecule has 2 N–H and O–H groups in total. The van der Waals surface area contributed by atoms with Crippen LogP contribution < -0.4 is 15.4 Å². The maximum atomic E-state index is 13.2. The molecule has 1 heterocycles. The number of hydrogen-bond acceptors (Lipinski definition) is 3. The van der Waals surface area contributed by atoms with Crippen molar-refractivity contribution >= 4 is 5.91 Å². The van der Waals surface area contributed by atoms with Crippen molar-refractivity contribution in [3.8, 4) is 5.75 Å². The normalized spacial score (nSPS) is 15.8. The smallest absolute Gasteiger partial charge is 0.251 e. The number of para-hydroxylation sites is 1. The lowest BCUT2D eigenvalue weighted by molar-refractivity contribution is 0.0935. The Bertz CT molecular complexity index is 951. The number of fused-ring (bicyclic) bond motifs is 1. The molecule has 2 atom stereocenters. The topological polar surface area (TPSA) is 50.4 Å². The van der Waals surface area contributed by atoms with Gasteiger partial charge in [0.1, 0.15) is 17.7 Å². The average Bonchev–Trinajstić information content (AvgIpc) is 3.17. The molecular weight excluding hydrogens is 379 g/mol. The SMILES string of the molecule is O=C(NC(CNCC1Cc2ccccc2O1)Cc1ccccc1)c1ccc(F)cc1. The van der Waals surface area contributed by atoms with Crippen LogP contribution >= 0.6 is 0 Å². The maximum absolute atomic E-state index is 13.2. The molecule has 3 aromatic carbocycles. The van der Waals surface area contributed by atoms with E-state index < -0.39 is 0 Å². The molecule has 1 amide bonds. The number of nitrogens with one attached hydrogen (secondary N) is 2. The van der Waals surface area contributed by atoms with Gasteiger partial charge in [0.15, 0.2) is 0 Å². The quantitative estimate of drug-likeness (QED) is 0.601. The van der Waals surface area contributed by atoms with Crippen molar-refractivity contribution in [3.05, 3.63) is 101 Å². The predicted octanol–water partition coefficient (Wildman–Crippen LogP) is 3.76. The van der Waals surface area contributed by atoms with E-state index in [1.165, 1.54) is 29.8 Å². The Balaban J connectivity index is 1.35. The van der Waals surface area contributed by atoms with Crippen LogP contribution in [-0.4, -0.2) is 31.1 Å². The number of amides is 1. The molecule has 0 aliphatic carbocycles. The van der Waals surface area contributed by atoms with Crippen LogP contribution in [0.3, 0.4) is 0 Å². The van der Waals surface area contributed by atoms with Crippen molar-refractivity contribution in [2.24, 2.45) is 0 Å². The molecule has 0 fully saturated rings. The summed E-state index contributed by atoms with van der Waals surface area (Å²) < 4.78 is 19.1. The van der Waals surface area contributed by atoms with Crippen LogP contribution in [0, 0.1) is 5.82 Å². The van der Waals surface area contributed by atoms with E-state index in [4.69, 9.17) is 4.74 Å². The van der Waals surface area contributed by atoms with Crippen molar-refractivity contribution in [1.82, 2.24) is 10.6 Å². The first-order chi connectivity index (χ1) is 14.7. The number of rotatable bonds is 8. The van der Waals surface area contributed by atoms with Gasteiger partial charge in [0.25, 0.3) is 5.91 Å². The lowest BCUT2D eigenvalue weighted by atomic mass is 10.0. The summed E-state index contributed by atoms with van der Waals surface area (Å²) in [6.07, 6.45) is 1.67. The summed E-state index contributed by atoms with van der Waals surface area (Å²) in [5, 5.41) is 6.53. The third-order valence-corrected chi connectivity index (χ3v) is 5.24. The highest BCUT2D eigenvalue weighted by Gasteiger charge is 2.22. The van der Waals surface area contributed by atoms with Gasteiger partial charge in [-0.15, -0.1) is 0 Å². The summed E-state index contributed by atoms with van der Waals surface area (Å²) in [5.74, 6) is 0.392. The summed E-state index contributed by atoms with van der Waals surface area (Å²) in [6, 6.07) is 23.7. The predicted molar refractivity (Wildman–Crippen MR) is 115 cm³/mol. The highest BCUT2D eigenvalue weighted by atomic mass is 19.1. The minimum atomic E-state index is -0.355. The zero-order valence-electron chi connectivity index (χ0n) is 16.7. The fraction of sp³-hybridized carbons (Fsp3) is 0.240. The largest absolute Gasteiger partial charge is 0.488 e. The fourth-order valence-electron chi connectivity index (χ4n) is 3.73. The molecule has 1 aliphatic heterocycles. The Labute approximate surface area is 176 Å². The Morgan fingerprint density at radius 2 is 1.73 bits per heavy atom. The Morgan fingerprint density at radius 1 is 1.00 bits per heavy atom. The second kappa shape index (κ2) is 9.55. The highest BCUT2D eigenvalue weighted by molar-refractivity contribution is 5.94. The lowest BCUT2D eigenvalue weighted by Crippen LogP contribution is -2.45. The Morgan fingerprint density at radius 3 is 2.50 bits per heavy atom. The molecule has 154 valence electrons. The van der Waals surface area contributed by atoms with Crippen molar-refractivity contribution in [1.29, 1.82) is 0 Å². The Hall–Kier alpha value is -3.18. The minimum absolute atomic E-state index is 0.0903. The first-order valence-electron chi connectivity index (χ1n) is 10.2. The van der Waals surface area contributed by atoms with Crippen LogP contribution in [-0.2, 0) is 12.8 Å². The zero-order valence-corrected chi connectivity index (χ0v) is 16.7. The van der Waals surface area contributed by atoms with E-state index in [2.05, 4.69) is 16.7 Å². The summed E-state index contributed by atoms with van der Waals surface area (Å²) in [5.41, 5.74) is 2.83. The summed E-state index contributed by atoms with van der Waals surface area (Å²) in [7, 11) is 0. The van der Waals surface area contributed by atoms with Gasteiger partial charge in [-0.1, -0.05) is 48.5 Å². The number of carbonyl (C=O) groups is 1. The molecule has 4 rings (SSSR count). The molecule has 0 aromatic heterocycles. The molecule has 0 radical (unpaired) electrons. The van der Waals surface area contributed by atoms with Crippen LogP contribution in [0.5, 0.6) is 5.75 Å². The van der Waals surface area contributed by atoms with Gasteiger partial charge in [-0.05, 0) is 47.9 Å². The summed E-state index contributed by atoms with van der Waals surface area (Å²) >= 11 is 0. The summed E-state index contributed by atoms with van der Waals surface area (Å²) in [6.45, 7) is 1.31. The van der Waals surface area contributed by atoms with Crippen molar-refractivity contribution in [2.75, 3.05) is 13.1 Å². The van der Waals surface area contributed by atoms with Crippen LogP contribution in [0.2, 0.25) is 0 Å². The highest BCUT2D eigenvalue weighted by Crippen LogP contribution is 2.27. The van der Waals surface area contributed by atoms with E-state index in [1.807, 2.05) is 48.5 Å². The summed E-state index contributed by atoms with van der Waals surface area (Å²) in [4.78, 5) is 12.6. The zero-order chi connectivity index (χ0) is 20.8. The van der Waals surface area contributed by atoms with Gasteiger partial charge in [-0.2, -0.15) is 0 Å². The van der Waals surface area contributed by atoms with Gasteiger partial charge in [0, 0.05) is 31.1 Å². The van der Waals surface area contributed by atoms with E-state index in [0.717, 1.165) is 17.7 Å². The second-order valence-corrected chi connectivity index (χ2v) is 7.58. The molecule has 0 bridgehead atoms. The fourth-order valence-corrected chi connectivity index (χ4v) is 3.73. The molecule has 0 saturated carbocycles. The number of hydrogen-bond donors (Lipinski definition) is 2. The lowest BCUT2D eigenvalue weighted by Gasteiger charge is -2.21. The van der Waals surface area contributed by atoms with Gasteiger partial charge in [-0.25, -0.2) is 4.39 Å². The standard InChI is InChI=1S/C25H25FN2O2/c26-21-12-10-19(11-13-21)25(29)28-22(14-18-6-2-1-3-7-18)16-27-17-23-15-20-8-4-5-9-24(20)30-23/h1-13,22-23,27H,14-17H2,(H,28,29). The maximum Gasteiger partial charge on any atom is 0.251 e. The minimum Gasteiger partial charge on any atom is -0.488 e. The van der Waals surface area contributed by atoms with Crippen LogP contribution in [0.1, 0.15) is 21.5 Å². The van der Waals surface area contributed by atoms with Gasteiger partial charge < -0.3 is 15.4 Å². The molecule has 4 nitrogen and oxygen atoms in total. The monoisotopic (exact) mass is 404 g/mol. The molecule has 0 saturated heterocycles. The first-order valence-corrected chi connectivity index (χ1v) is 10.2. The van der Waals surface area contributed by atoms with Crippen LogP contribution in [0.4, 0.5) is 4.39 Å². The Kier molecular flexibility index (Phi) is 6.40. The van der Waals surface area contributed by atoms with Crippen molar-refractivity contribution in [3.63, 3.8) is 0 Å². The van der Waals surface area contributed by atoms with E-state index in [0.29, 0.717) is 25.1 Å². The van der Waals surface area contributed by atoms with Crippen LogP contribution in [0.25, 0.3) is 0 Å². The molecule has 3 aromatic rings. The molecule has 30 heavy (non-hydrogen) atoms. The van der Waals surface area contributed by atoms with Gasteiger partial charge in [-0.3, -0.25) is 4.79 Å².